The topological polar surface area (TPSA) is 55.2 Å². The summed E-state index contributed by atoms with van der Waals surface area (Å²) in [6, 6.07) is 0. The molecule has 0 atom stereocenters. The van der Waals surface area contributed by atoms with Crippen LogP contribution in [0, 0.1) is 6.92 Å². The lowest BCUT2D eigenvalue weighted by Gasteiger charge is -2.20. The summed E-state index contributed by atoms with van der Waals surface area (Å²) in [5.74, 6) is 0.626. The van der Waals surface area contributed by atoms with Gasteiger partial charge >= 0.3 is 0 Å². The van der Waals surface area contributed by atoms with Crippen LogP contribution in [0.4, 0.5) is 0 Å². The highest BCUT2D eigenvalue weighted by Crippen LogP contribution is 2.16. The number of carbonyl (C=O) groups excluding carboxylic acids is 1. The third-order valence-corrected chi connectivity index (χ3v) is 3.79. The van der Waals surface area contributed by atoms with E-state index in [1.807, 2.05) is 13.8 Å². The number of aryl methyl sites for hydroxylation is 2. The maximum absolute atomic E-state index is 12.4. The number of hydrogen-bond acceptors (Lipinski definition) is 3. The van der Waals surface area contributed by atoms with Crippen molar-refractivity contribution >= 4 is 5.91 Å². The Morgan fingerprint density at radius 1 is 1.32 bits per heavy atom. The highest BCUT2D eigenvalue weighted by atomic mass is 16.2. The third kappa shape index (κ3) is 2.55. The van der Waals surface area contributed by atoms with Crippen molar-refractivity contribution in [3.63, 3.8) is 0 Å². The molecule has 0 bridgehead atoms. The normalized spacial score (nSPS) is 13.4. The zero-order valence-corrected chi connectivity index (χ0v) is 11.9. The Morgan fingerprint density at radius 3 is 2.63 bits per heavy atom. The summed E-state index contributed by atoms with van der Waals surface area (Å²) in [6.45, 7) is 7.13. The highest BCUT2D eigenvalue weighted by Gasteiger charge is 2.21. The lowest BCUT2D eigenvalue weighted by atomic mass is 10.2. The number of hydrogen-bond donors (Lipinski definition) is 0. The number of carbonyl (C=O) groups is 1. The van der Waals surface area contributed by atoms with Crippen LogP contribution in [0.3, 0.4) is 0 Å². The molecule has 1 aromatic rings. The van der Waals surface area contributed by atoms with Gasteiger partial charge in [-0.05, 0) is 40.0 Å². The zero-order chi connectivity index (χ0) is 14.0. The zero-order valence-electron chi connectivity index (χ0n) is 11.9. The summed E-state index contributed by atoms with van der Waals surface area (Å²) >= 11 is 0. The van der Waals surface area contributed by atoms with Gasteiger partial charge in [0.05, 0.1) is 5.69 Å². The van der Waals surface area contributed by atoms with Crippen molar-refractivity contribution in [2.75, 3.05) is 13.1 Å². The first-order chi connectivity index (χ1) is 9.08. The van der Waals surface area contributed by atoms with Crippen LogP contribution in [0.15, 0.2) is 4.79 Å². The van der Waals surface area contributed by atoms with Gasteiger partial charge in [-0.3, -0.25) is 14.2 Å². The maximum Gasteiger partial charge on any atom is 0.257 e. The van der Waals surface area contributed by atoms with Crippen molar-refractivity contribution in [3.05, 3.63) is 27.4 Å². The van der Waals surface area contributed by atoms with Crippen LogP contribution in [0.1, 0.15) is 37.4 Å². The molecule has 2 rings (SSSR count). The van der Waals surface area contributed by atoms with E-state index in [1.54, 1.807) is 11.8 Å². The lowest BCUT2D eigenvalue weighted by Crippen LogP contribution is -2.38. The van der Waals surface area contributed by atoms with Gasteiger partial charge in [-0.25, -0.2) is 4.98 Å². The molecule has 0 unspecified atom stereocenters. The largest absolute Gasteiger partial charge is 0.342 e. The predicted molar refractivity (Wildman–Crippen MR) is 73.2 cm³/mol. The Kier molecular flexibility index (Phi) is 4.02. The van der Waals surface area contributed by atoms with Crippen LogP contribution in [0.25, 0.3) is 0 Å². The summed E-state index contributed by atoms with van der Waals surface area (Å²) in [5, 5.41) is 0. The molecule has 0 saturated heterocycles. The standard InChI is InChI=1S/C14H21N3O2/c1-4-16(5-2)13(18)9-17-10(3)15-12-8-6-7-11(12)14(17)19/h4-9H2,1-3H3. The monoisotopic (exact) mass is 263 g/mol. The number of nitrogens with zero attached hydrogens (tertiary/aromatic N) is 3. The van der Waals surface area contributed by atoms with Crippen molar-refractivity contribution in [2.24, 2.45) is 0 Å². The molecule has 0 fully saturated rings. The minimum atomic E-state index is -0.0273. The Labute approximate surface area is 113 Å². The lowest BCUT2D eigenvalue weighted by molar-refractivity contribution is -0.131. The Morgan fingerprint density at radius 2 is 2.00 bits per heavy atom. The van der Waals surface area contributed by atoms with Gasteiger partial charge < -0.3 is 4.90 Å². The summed E-state index contributed by atoms with van der Waals surface area (Å²) in [4.78, 5) is 30.7. The number of aromatic nitrogens is 2. The number of likely N-dealkylation sites (N-methyl/N-ethyl adjacent to an activating group) is 1. The fourth-order valence-corrected chi connectivity index (χ4v) is 2.64. The average molecular weight is 263 g/mol. The van der Waals surface area contributed by atoms with Crippen LogP contribution in [0.5, 0.6) is 0 Å². The Bertz CT molecular complexity index is 544. The van der Waals surface area contributed by atoms with E-state index in [0.29, 0.717) is 18.9 Å². The van der Waals surface area contributed by atoms with E-state index in [0.717, 1.165) is 30.5 Å². The predicted octanol–water partition coefficient (Wildman–Crippen LogP) is 0.909. The molecule has 1 aliphatic carbocycles. The number of fused-ring (bicyclic) bond motifs is 1. The van der Waals surface area contributed by atoms with Crippen LogP contribution >= 0.6 is 0 Å². The van der Waals surface area contributed by atoms with E-state index in [1.165, 1.54) is 4.57 Å². The quantitative estimate of drug-likeness (QED) is 0.811. The van der Waals surface area contributed by atoms with Crippen molar-refractivity contribution in [1.29, 1.82) is 0 Å². The molecule has 0 spiro atoms. The Hall–Kier alpha value is -1.65. The van der Waals surface area contributed by atoms with Gasteiger partial charge in [0.15, 0.2) is 0 Å². The highest BCUT2D eigenvalue weighted by molar-refractivity contribution is 5.76. The second-order valence-electron chi connectivity index (χ2n) is 4.90. The van der Waals surface area contributed by atoms with Crippen LogP contribution in [0.2, 0.25) is 0 Å². The SMILES string of the molecule is CCN(CC)C(=O)Cn1c(C)nc2c(c1=O)CCC2. The van der Waals surface area contributed by atoms with Gasteiger partial charge in [0.25, 0.3) is 5.56 Å². The minimum Gasteiger partial charge on any atom is -0.342 e. The first kappa shape index (κ1) is 13.8. The van der Waals surface area contributed by atoms with Crippen molar-refractivity contribution in [1.82, 2.24) is 14.5 Å². The minimum absolute atomic E-state index is 0.0186. The molecule has 0 aromatic carbocycles. The van der Waals surface area contributed by atoms with Crippen LogP contribution < -0.4 is 5.56 Å². The molecule has 0 saturated carbocycles. The first-order valence-electron chi connectivity index (χ1n) is 6.95. The molecule has 0 N–H and O–H groups in total. The number of rotatable bonds is 4. The van der Waals surface area contributed by atoms with Gasteiger partial charge in [-0.2, -0.15) is 0 Å². The van der Waals surface area contributed by atoms with Crippen LogP contribution in [-0.4, -0.2) is 33.4 Å². The molecule has 0 aliphatic heterocycles. The summed E-state index contributed by atoms with van der Waals surface area (Å²) in [7, 11) is 0. The van der Waals surface area contributed by atoms with Crippen molar-refractivity contribution in [2.45, 2.75) is 46.6 Å². The van der Waals surface area contributed by atoms with Gasteiger partial charge in [-0.15, -0.1) is 0 Å². The molecule has 19 heavy (non-hydrogen) atoms. The van der Waals surface area contributed by atoms with E-state index >= 15 is 0 Å². The van der Waals surface area contributed by atoms with E-state index in [2.05, 4.69) is 4.98 Å². The van der Waals surface area contributed by atoms with Gasteiger partial charge in [0.2, 0.25) is 5.91 Å². The fourth-order valence-electron chi connectivity index (χ4n) is 2.64. The molecule has 0 radical (unpaired) electrons. The summed E-state index contributed by atoms with van der Waals surface area (Å²) in [6.07, 6.45) is 2.67. The van der Waals surface area contributed by atoms with Gasteiger partial charge in [0, 0.05) is 18.7 Å². The Balaban J connectivity index is 2.31. The number of amides is 1. The van der Waals surface area contributed by atoms with Gasteiger partial charge in [0.1, 0.15) is 12.4 Å². The molecule has 5 heteroatoms. The van der Waals surface area contributed by atoms with E-state index < -0.39 is 0 Å². The van der Waals surface area contributed by atoms with Gasteiger partial charge in [-0.1, -0.05) is 0 Å². The molecule has 1 aliphatic rings. The molecule has 1 heterocycles. The van der Waals surface area contributed by atoms with E-state index in [-0.39, 0.29) is 18.0 Å². The first-order valence-corrected chi connectivity index (χ1v) is 6.95. The fraction of sp³-hybridized carbons (Fsp3) is 0.643. The van der Waals surface area contributed by atoms with E-state index in [4.69, 9.17) is 0 Å². The van der Waals surface area contributed by atoms with Crippen LogP contribution in [-0.2, 0) is 24.2 Å². The summed E-state index contributed by atoms with van der Waals surface area (Å²) < 4.78 is 1.52. The second-order valence-corrected chi connectivity index (χ2v) is 4.90. The van der Waals surface area contributed by atoms with E-state index in [9.17, 15) is 9.59 Å². The van der Waals surface area contributed by atoms with Crippen molar-refractivity contribution < 1.29 is 4.79 Å². The molecule has 1 amide bonds. The smallest absolute Gasteiger partial charge is 0.257 e. The molecular weight excluding hydrogens is 242 g/mol. The molecule has 5 nitrogen and oxygen atoms in total. The van der Waals surface area contributed by atoms with Crippen molar-refractivity contribution in [3.8, 4) is 0 Å². The third-order valence-electron chi connectivity index (χ3n) is 3.79. The maximum atomic E-state index is 12.4. The average Bonchev–Trinajstić information content (AvgIpc) is 2.84. The molecule has 104 valence electrons. The molecular formula is C14H21N3O2. The second kappa shape index (κ2) is 5.55. The summed E-state index contributed by atoms with van der Waals surface area (Å²) in [5.41, 5.74) is 1.70. The molecule has 1 aromatic heterocycles.